The number of carbonyl (C=O) groups is 2. The van der Waals surface area contributed by atoms with Gasteiger partial charge in [0.25, 0.3) is 0 Å². The molecule has 0 aromatic rings. The smallest absolute Gasteiger partial charge is 0.320 e. The third-order valence-electron chi connectivity index (χ3n) is 6.80. The molecule has 0 spiro atoms. The summed E-state index contributed by atoms with van der Waals surface area (Å²) in [7, 11) is 0. The van der Waals surface area contributed by atoms with Gasteiger partial charge >= 0.3 is 11.9 Å². The predicted octanol–water partition coefficient (Wildman–Crippen LogP) is 1.78. The van der Waals surface area contributed by atoms with E-state index in [4.69, 9.17) is 4.74 Å². The van der Waals surface area contributed by atoms with Gasteiger partial charge in [-0.1, -0.05) is 12.2 Å². The first-order valence-corrected chi connectivity index (χ1v) is 7.07. The van der Waals surface area contributed by atoms with Crippen LogP contribution in [0.3, 0.4) is 0 Å². The van der Waals surface area contributed by atoms with Crippen LogP contribution >= 0.6 is 0 Å². The lowest BCUT2D eigenvalue weighted by Gasteiger charge is -2.41. The Hall–Kier alpha value is -1.12. The van der Waals surface area contributed by atoms with Crippen LogP contribution in [-0.4, -0.2) is 11.9 Å². The zero-order valence-electron chi connectivity index (χ0n) is 10.3. The molecular weight excluding hydrogens is 228 g/mol. The Balaban J connectivity index is 1.68. The summed E-state index contributed by atoms with van der Waals surface area (Å²) >= 11 is 0. The average Bonchev–Trinajstić information content (AvgIpc) is 3.05. The van der Waals surface area contributed by atoms with E-state index < -0.39 is 5.41 Å². The molecular formula is C15H16O3. The van der Waals surface area contributed by atoms with Crippen molar-refractivity contribution in [3.05, 3.63) is 12.2 Å². The van der Waals surface area contributed by atoms with Crippen molar-refractivity contribution in [3.63, 3.8) is 0 Å². The highest BCUT2D eigenvalue weighted by Crippen LogP contribution is 2.73. The van der Waals surface area contributed by atoms with Crippen LogP contribution in [0.15, 0.2) is 12.2 Å². The summed E-state index contributed by atoms with van der Waals surface area (Å²) in [6.45, 7) is 1.99. The first kappa shape index (κ1) is 9.76. The maximum absolute atomic E-state index is 12.1. The van der Waals surface area contributed by atoms with Crippen LogP contribution in [0.25, 0.3) is 0 Å². The SMILES string of the molecule is CC12C(=O)OC(=O)C1C1CC2C2C3C=CC(C3)C12. The molecule has 94 valence electrons. The fourth-order valence-corrected chi connectivity index (χ4v) is 6.32. The maximum Gasteiger partial charge on any atom is 0.320 e. The van der Waals surface area contributed by atoms with Crippen LogP contribution in [0.4, 0.5) is 0 Å². The largest absolute Gasteiger partial charge is 0.392 e. The molecule has 4 fully saturated rings. The Kier molecular flexibility index (Phi) is 1.40. The van der Waals surface area contributed by atoms with Crippen molar-refractivity contribution in [3.8, 4) is 0 Å². The van der Waals surface area contributed by atoms with E-state index in [-0.39, 0.29) is 17.9 Å². The van der Waals surface area contributed by atoms with E-state index in [1.54, 1.807) is 0 Å². The minimum Gasteiger partial charge on any atom is -0.392 e. The summed E-state index contributed by atoms with van der Waals surface area (Å²) in [6.07, 6.45) is 7.04. The molecule has 8 atom stereocenters. The van der Waals surface area contributed by atoms with Gasteiger partial charge in [0.05, 0.1) is 11.3 Å². The monoisotopic (exact) mass is 244 g/mol. The molecule has 0 aromatic carbocycles. The molecule has 1 saturated heterocycles. The Morgan fingerprint density at radius 3 is 2.67 bits per heavy atom. The van der Waals surface area contributed by atoms with Gasteiger partial charge in [0.15, 0.2) is 0 Å². The van der Waals surface area contributed by atoms with Crippen molar-refractivity contribution in [1.82, 2.24) is 0 Å². The molecule has 4 aliphatic carbocycles. The topological polar surface area (TPSA) is 43.4 Å². The van der Waals surface area contributed by atoms with Gasteiger partial charge in [-0.25, -0.2) is 0 Å². The Labute approximate surface area is 106 Å². The molecule has 18 heavy (non-hydrogen) atoms. The normalized spacial score (nSPS) is 62.4. The summed E-state index contributed by atoms with van der Waals surface area (Å²) in [5.41, 5.74) is -0.499. The molecule has 5 aliphatic rings. The molecule has 4 bridgehead atoms. The van der Waals surface area contributed by atoms with E-state index in [0.717, 1.165) is 6.42 Å². The van der Waals surface area contributed by atoms with Crippen LogP contribution in [0.5, 0.6) is 0 Å². The minimum atomic E-state index is -0.499. The molecule has 0 radical (unpaired) electrons. The molecule has 1 aliphatic heterocycles. The van der Waals surface area contributed by atoms with Gasteiger partial charge in [-0.05, 0) is 55.3 Å². The van der Waals surface area contributed by atoms with E-state index in [1.807, 2.05) is 6.92 Å². The number of ether oxygens (including phenoxy) is 1. The third-order valence-corrected chi connectivity index (χ3v) is 6.80. The Bertz CT molecular complexity index is 522. The number of carbonyl (C=O) groups excluding carboxylic acids is 2. The number of allylic oxidation sites excluding steroid dienone is 2. The Morgan fingerprint density at radius 1 is 1.17 bits per heavy atom. The first-order valence-electron chi connectivity index (χ1n) is 7.07. The molecule has 8 unspecified atom stereocenters. The van der Waals surface area contributed by atoms with E-state index in [9.17, 15) is 9.59 Å². The van der Waals surface area contributed by atoms with E-state index in [1.165, 1.54) is 6.42 Å². The second kappa shape index (κ2) is 2.59. The number of rotatable bonds is 0. The van der Waals surface area contributed by atoms with Gasteiger partial charge in [0.2, 0.25) is 0 Å². The highest BCUT2D eigenvalue weighted by molar-refractivity contribution is 6.00. The highest BCUT2D eigenvalue weighted by atomic mass is 16.6. The summed E-state index contributed by atoms with van der Waals surface area (Å²) in [6, 6.07) is 0. The van der Waals surface area contributed by atoms with Crippen molar-refractivity contribution < 1.29 is 14.3 Å². The van der Waals surface area contributed by atoms with Crippen LogP contribution in [0, 0.1) is 46.8 Å². The number of esters is 2. The molecule has 3 saturated carbocycles. The lowest BCUT2D eigenvalue weighted by Crippen LogP contribution is -2.45. The molecule has 3 heteroatoms. The van der Waals surface area contributed by atoms with Crippen molar-refractivity contribution in [2.24, 2.45) is 46.8 Å². The van der Waals surface area contributed by atoms with Crippen LogP contribution in [-0.2, 0) is 14.3 Å². The average molecular weight is 244 g/mol. The second-order valence-corrected chi connectivity index (χ2v) is 7.08. The molecule has 0 N–H and O–H groups in total. The van der Waals surface area contributed by atoms with Crippen LogP contribution in [0.2, 0.25) is 0 Å². The van der Waals surface area contributed by atoms with E-state index >= 15 is 0 Å². The molecule has 1 heterocycles. The van der Waals surface area contributed by atoms with Crippen LogP contribution in [0.1, 0.15) is 19.8 Å². The lowest BCUT2D eigenvalue weighted by molar-refractivity contribution is -0.156. The number of hydrogen-bond donors (Lipinski definition) is 0. The maximum atomic E-state index is 12.1. The zero-order chi connectivity index (χ0) is 12.2. The quantitative estimate of drug-likeness (QED) is 0.282. The summed E-state index contributed by atoms with van der Waals surface area (Å²) in [5, 5.41) is 0. The predicted molar refractivity (Wildman–Crippen MR) is 62.0 cm³/mol. The number of fused-ring (bicyclic) bond motifs is 12. The molecule has 3 nitrogen and oxygen atoms in total. The number of cyclic esters (lactones) is 2. The van der Waals surface area contributed by atoms with Crippen molar-refractivity contribution in [2.45, 2.75) is 19.8 Å². The Morgan fingerprint density at radius 2 is 1.89 bits per heavy atom. The minimum absolute atomic E-state index is 0.135. The summed E-state index contributed by atoms with van der Waals surface area (Å²) < 4.78 is 4.97. The number of hydrogen-bond acceptors (Lipinski definition) is 3. The molecule has 0 amide bonds. The first-order chi connectivity index (χ1) is 8.62. The van der Waals surface area contributed by atoms with Crippen molar-refractivity contribution in [2.75, 3.05) is 0 Å². The van der Waals surface area contributed by atoms with Gasteiger partial charge in [-0.15, -0.1) is 0 Å². The molecule has 0 aromatic heterocycles. The fourth-order valence-electron chi connectivity index (χ4n) is 6.32. The van der Waals surface area contributed by atoms with Crippen LogP contribution < -0.4 is 0 Å². The van der Waals surface area contributed by atoms with Gasteiger partial charge in [0.1, 0.15) is 0 Å². The summed E-state index contributed by atoms with van der Waals surface area (Å²) in [4.78, 5) is 24.1. The standard InChI is InChI=1S/C15H16O3/c1-15-9-5-8(12(15)13(16)18-14(15)17)10-6-2-3-7(4-6)11(9)10/h2-3,6-12H,4-5H2,1H3. The molecule has 5 rings (SSSR count). The highest BCUT2D eigenvalue weighted by Gasteiger charge is 2.75. The summed E-state index contributed by atoms with van der Waals surface area (Å²) in [5.74, 6) is 2.81. The van der Waals surface area contributed by atoms with Gasteiger partial charge in [-0.2, -0.15) is 0 Å². The van der Waals surface area contributed by atoms with Crippen molar-refractivity contribution in [1.29, 1.82) is 0 Å². The van der Waals surface area contributed by atoms with Gasteiger partial charge in [-0.3, -0.25) is 9.59 Å². The van der Waals surface area contributed by atoms with Crippen molar-refractivity contribution >= 4 is 11.9 Å². The van der Waals surface area contributed by atoms with E-state index in [2.05, 4.69) is 12.2 Å². The zero-order valence-corrected chi connectivity index (χ0v) is 10.3. The van der Waals surface area contributed by atoms with Gasteiger partial charge in [0, 0.05) is 0 Å². The van der Waals surface area contributed by atoms with Gasteiger partial charge < -0.3 is 4.74 Å². The second-order valence-electron chi connectivity index (χ2n) is 7.08. The third kappa shape index (κ3) is 0.749. The fraction of sp³-hybridized carbons (Fsp3) is 0.733. The van der Waals surface area contributed by atoms with E-state index in [0.29, 0.717) is 35.5 Å². The lowest BCUT2D eigenvalue weighted by atomic mass is 9.59.